The topological polar surface area (TPSA) is 51.0 Å². The van der Waals surface area contributed by atoms with Gasteiger partial charge in [0.05, 0.1) is 0 Å². The Morgan fingerprint density at radius 2 is 1.85 bits per heavy atom. The van der Waals surface area contributed by atoms with Gasteiger partial charge >= 0.3 is 0 Å². The van der Waals surface area contributed by atoms with Gasteiger partial charge < -0.3 is 9.73 Å². The molecule has 2 rings (SSSR count). The second-order valence-electron chi connectivity index (χ2n) is 7.16. The lowest BCUT2D eigenvalue weighted by molar-refractivity contribution is 0.161. The van der Waals surface area contributed by atoms with E-state index in [0.717, 1.165) is 37.1 Å². The van der Waals surface area contributed by atoms with Crippen molar-refractivity contribution in [3.05, 3.63) is 11.8 Å². The number of nitrogens with one attached hydrogen (secondary N) is 1. The summed E-state index contributed by atoms with van der Waals surface area (Å²) in [7, 11) is 1.97. The second-order valence-corrected chi connectivity index (χ2v) is 7.16. The zero-order valence-electron chi connectivity index (χ0n) is 13.4. The predicted molar refractivity (Wildman–Crippen MR) is 80.7 cm³/mol. The summed E-state index contributed by atoms with van der Waals surface area (Å²) in [5.74, 6) is 2.99. The molecule has 1 heterocycles. The van der Waals surface area contributed by atoms with Crippen LogP contribution in [0.4, 0.5) is 0 Å². The summed E-state index contributed by atoms with van der Waals surface area (Å²) in [6.45, 7) is 8.05. The molecular formula is C16H29N3O. The predicted octanol–water partition coefficient (Wildman–Crippen LogP) is 3.54. The van der Waals surface area contributed by atoms with Crippen molar-refractivity contribution in [3.8, 4) is 0 Å². The fraction of sp³-hybridized carbons (Fsp3) is 0.875. The van der Waals surface area contributed by atoms with E-state index in [1.54, 1.807) is 0 Å². The van der Waals surface area contributed by atoms with Crippen molar-refractivity contribution in [3.63, 3.8) is 0 Å². The van der Waals surface area contributed by atoms with Crippen LogP contribution in [0, 0.1) is 11.3 Å². The van der Waals surface area contributed by atoms with Gasteiger partial charge in [0.1, 0.15) is 0 Å². The number of rotatable bonds is 5. The fourth-order valence-electron chi connectivity index (χ4n) is 3.16. The van der Waals surface area contributed by atoms with Crippen molar-refractivity contribution in [2.45, 2.75) is 65.2 Å². The summed E-state index contributed by atoms with van der Waals surface area (Å²) in [5, 5.41) is 11.6. The highest BCUT2D eigenvalue weighted by atomic mass is 16.4. The Bertz CT molecular complexity index is 400. The van der Waals surface area contributed by atoms with Gasteiger partial charge in [-0.2, -0.15) is 0 Å². The average molecular weight is 279 g/mol. The minimum Gasteiger partial charge on any atom is -0.425 e. The van der Waals surface area contributed by atoms with Gasteiger partial charge in [-0.1, -0.05) is 20.8 Å². The van der Waals surface area contributed by atoms with Gasteiger partial charge in [-0.05, 0) is 57.0 Å². The Labute approximate surface area is 122 Å². The molecule has 0 saturated heterocycles. The van der Waals surface area contributed by atoms with Crippen LogP contribution in [0.5, 0.6) is 0 Å². The molecule has 1 N–H and O–H groups in total. The smallest absolute Gasteiger partial charge is 0.219 e. The van der Waals surface area contributed by atoms with Crippen LogP contribution in [0.3, 0.4) is 0 Å². The third-order valence-corrected chi connectivity index (χ3v) is 4.60. The number of hydrogen-bond donors (Lipinski definition) is 1. The van der Waals surface area contributed by atoms with Crippen molar-refractivity contribution in [2.75, 3.05) is 13.6 Å². The average Bonchev–Trinajstić information content (AvgIpc) is 2.87. The molecule has 4 nitrogen and oxygen atoms in total. The Morgan fingerprint density at radius 1 is 1.15 bits per heavy atom. The van der Waals surface area contributed by atoms with Crippen LogP contribution in [0.2, 0.25) is 0 Å². The van der Waals surface area contributed by atoms with E-state index in [1.165, 1.54) is 25.7 Å². The number of aryl methyl sites for hydroxylation is 1. The van der Waals surface area contributed by atoms with Gasteiger partial charge in [0.15, 0.2) is 0 Å². The summed E-state index contributed by atoms with van der Waals surface area (Å²) in [4.78, 5) is 0. The van der Waals surface area contributed by atoms with E-state index in [9.17, 15) is 0 Å². The molecule has 0 atom stereocenters. The van der Waals surface area contributed by atoms with Crippen molar-refractivity contribution in [1.82, 2.24) is 15.5 Å². The maximum Gasteiger partial charge on any atom is 0.219 e. The molecule has 0 amide bonds. The van der Waals surface area contributed by atoms with Crippen molar-refractivity contribution < 1.29 is 4.42 Å². The zero-order valence-corrected chi connectivity index (χ0v) is 13.4. The molecule has 0 radical (unpaired) electrons. The third kappa shape index (κ3) is 4.05. The molecule has 1 fully saturated rings. The molecule has 114 valence electrons. The maximum atomic E-state index is 5.84. The van der Waals surface area contributed by atoms with Crippen molar-refractivity contribution in [2.24, 2.45) is 11.3 Å². The normalized spacial score (nSPS) is 24.0. The van der Waals surface area contributed by atoms with E-state index >= 15 is 0 Å². The zero-order chi connectivity index (χ0) is 14.6. The molecule has 0 aliphatic heterocycles. The highest BCUT2D eigenvalue weighted by molar-refractivity contribution is 4.95. The van der Waals surface area contributed by atoms with Gasteiger partial charge in [-0.3, -0.25) is 0 Å². The van der Waals surface area contributed by atoms with Gasteiger partial charge in [-0.15, -0.1) is 10.2 Å². The highest BCUT2D eigenvalue weighted by Gasteiger charge is 2.32. The molecule has 1 aromatic heterocycles. The lowest BCUT2D eigenvalue weighted by Crippen LogP contribution is -2.25. The minimum absolute atomic E-state index is 0.429. The standard InChI is InChI=1S/C16H29N3O/c1-16(2,3)13-9-7-12(8-10-13)15-19-18-14(20-15)6-5-11-17-4/h12-13,17H,5-11H2,1-4H3. The van der Waals surface area contributed by atoms with Crippen LogP contribution < -0.4 is 5.32 Å². The van der Waals surface area contributed by atoms with Gasteiger partial charge in [0.25, 0.3) is 0 Å². The third-order valence-electron chi connectivity index (χ3n) is 4.60. The molecule has 1 aromatic rings. The van der Waals surface area contributed by atoms with Crippen LogP contribution in [-0.4, -0.2) is 23.8 Å². The first kappa shape index (κ1) is 15.5. The SMILES string of the molecule is CNCCCc1nnc(C2CCC(C(C)(C)C)CC2)o1. The summed E-state index contributed by atoms with van der Waals surface area (Å²) < 4.78 is 5.84. The lowest BCUT2D eigenvalue weighted by Gasteiger charge is -2.36. The molecule has 1 saturated carbocycles. The van der Waals surface area contributed by atoms with Crippen LogP contribution in [-0.2, 0) is 6.42 Å². The summed E-state index contributed by atoms with van der Waals surface area (Å²) in [6, 6.07) is 0. The van der Waals surface area contributed by atoms with Crippen LogP contribution in [0.1, 0.15) is 70.6 Å². The largest absolute Gasteiger partial charge is 0.425 e. The first-order valence-electron chi connectivity index (χ1n) is 7.97. The number of aromatic nitrogens is 2. The molecule has 0 spiro atoms. The Kier molecular flexibility index (Phi) is 5.19. The van der Waals surface area contributed by atoms with Crippen LogP contribution in [0.15, 0.2) is 4.42 Å². The van der Waals surface area contributed by atoms with Gasteiger partial charge in [0.2, 0.25) is 11.8 Å². The van der Waals surface area contributed by atoms with E-state index in [-0.39, 0.29) is 0 Å². The highest BCUT2D eigenvalue weighted by Crippen LogP contribution is 2.42. The minimum atomic E-state index is 0.429. The lowest BCUT2D eigenvalue weighted by atomic mass is 9.70. The van der Waals surface area contributed by atoms with Crippen LogP contribution in [0.25, 0.3) is 0 Å². The second kappa shape index (κ2) is 6.70. The molecule has 1 aliphatic rings. The molecular weight excluding hydrogens is 250 g/mol. The van der Waals surface area contributed by atoms with Gasteiger partial charge in [-0.25, -0.2) is 0 Å². The van der Waals surface area contributed by atoms with Crippen molar-refractivity contribution in [1.29, 1.82) is 0 Å². The molecule has 0 unspecified atom stereocenters. The van der Waals surface area contributed by atoms with E-state index < -0.39 is 0 Å². The number of nitrogens with zero attached hydrogens (tertiary/aromatic N) is 2. The van der Waals surface area contributed by atoms with Crippen molar-refractivity contribution >= 4 is 0 Å². The molecule has 20 heavy (non-hydrogen) atoms. The summed E-state index contributed by atoms with van der Waals surface area (Å²) in [5.41, 5.74) is 0.429. The summed E-state index contributed by atoms with van der Waals surface area (Å²) in [6.07, 6.45) is 6.89. The van der Waals surface area contributed by atoms with Gasteiger partial charge in [0, 0.05) is 12.3 Å². The fourth-order valence-corrected chi connectivity index (χ4v) is 3.16. The quantitative estimate of drug-likeness (QED) is 0.838. The van der Waals surface area contributed by atoms with E-state index in [2.05, 4.69) is 36.3 Å². The monoisotopic (exact) mass is 279 g/mol. The van der Waals surface area contributed by atoms with Crippen LogP contribution >= 0.6 is 0 Å². The maximum absolute atomic E-state index is 5.84. The van der Waals surface area contributed by atoms with E-state index in [0.29, 0.717) is 11.3 Å². The summed E-state index contributed by atoms with van der Waals surface area (Å²) >= 11 is 0. The molecule has 4 heteroatoms. The molecule has 0 bridgehead atoms. The Morgan fingerprint density at radius 3 is 2.45 bits per heavy atom. The Balaban J connectivity index is 1.84. The molecule has 1 aliphatic carbocycles. The number of hydrogen-bond acceptors (Lipinski definition) is 4. The first-order chi connectivity index (χ1) is 9.50. The Hall–Kier alpha value is -0.900. The first-order valence-corrected chi connectivity index (χ1v) is 7.97. The van der Waals surface area contributed by atoms with E-state index in [1.807, 2.05) is 7.05 Å². The van der Waals surface area contributed by atoms with E-state index in [4.69, 9.17) is 4.42 Å². The molecule has 0 aromatic carbocycles.